The topological polar surface area (TPSA) is 3.24 Å². The van der Waals surface area contributed by atoms with Gasteiger partial charge in [0.15, 0.2) is 0 Å². The molecule has 0 N–H and O–H groups in total. The van der Waals surface area contributed by atoms with Crippen molar-refractivity contribution in [2.24, 2.45) is 0 Å². The lowest BCUT2D eigenvalue weighted by molar-refractivity contribution is 0.490. The van der Waals surface area contributed by atoms with Gasteiger partial charge < -0.3 is 4.90 Å². The van der Waals surface area contributed by atoms with Crippen LogP contribution in [0.25, 0.3) is 44.2 Å². The van der Waals surface area contributed by atoms with Crippen LogP contribution >= 0.6 is 0 Å². The third-order valence-corrected chi connectivity index (χ3v) is 12.6. The Morgan fingerprint density at radius 1 is 0.353 bits per heavy atom. The molecule has 0 saturated heterocycles. The number of hydrogen-bond donors (Lipinski definition) is 0. The molecule has 0 aliphatic heterocycles. The lowest BCUT2D eigenvalue weighted by atomic mass is 9.73. The Morgan fingerprint density at radius 3 is 1.63 bits per heavy atom. The Morgan fingerprint density at radius 2 is 0.882 bits per heavy atom. The van der Waals surface area contributed by atoms with Crippen LogP contribution in [0.1, 0.15) is 75.6 Å². The molecular formula is C50H45N. The monoisotopic (exact) mass is 659 g/mol. The van der Waals surface area contributed by atoms with E-state index in [2.05, 4.69) is 184 Å². The largest absolute Gasteiger partial charge is 0.310 e. The molecule has 0 aromatic heterocycles. The molecule has 2 aliphatic carbocycles. The van der Waals surface area contributed by atoms with Crippen molar-refractivity contribution in [3.05, 3.63) is 174 Å². The second-order valence-corrected chi connectivity index (χ2v) is 14.6. The van der Waals surface area contributed by atoms with Crippen LogP contribution < -0.4 is 4.90 Å². The lowest BCUT2D eigenvalue weighted by Crippen LogP contribution is -2.23. The van der Waals surface area contributed by atoms with Crippen LogP contribution in [0.15, 0.2) is 152 Å². The Hall–Kier alpha value is -5.40. The predicted octanol–water partition coefficient (Wildman–Crippen LogP) is 14.1. The number of anilines is 3. The summed E-state index contributed by atoms with van der Waals surface area (Å²) in [5.74, 6) is 0. The molecule has 0 fully saturated rings. The Kier molecular flexibility index (Phi) is 7.51. The number of rotatable bonds is 8. The molecule has 7 aromatic rings. The molecule has 9 rings (SSSR count). The van der Waals surface area contributed by atoms with E-state index in [1.54, 1.807) is 0 Å². The molecule has 0 spiro atoms. The summed E-state index contributed by atoms with van der Waals surface area (Å²) in [4.78, 5) is 2.50. The molecule has 1 heteroatoms. The molecule has 0 heterocycles. The van der Waals surface area contributed by atoms with Crippen molar-refractivity contribution >= 4 is 27.8 Å². The van der Waals surface area contributed by atoms with Gasteiger partial charge in [-0.3, -0.25) is 0 Å². The minimum atomic E-state index is -0.000715. The summed E-state index contributed by atoms with van der Waals surface area (Å²) in [6.07, 6.45) is 4.29. The molecule has 0 unspecified atom stereocenters. The first kappa shape index (κ1) is 31.6. The first-order valence-corrected chi connectivity index (χ1v) is 18.9. The standard InChI is InChI=1S/C50H45N/c1-5-49(6-2)45-24-15-14-23-41(45)42-27-25-40(33-48(42)49)51(38-22-16-21-35(29-38)34-17-10-9-11-18-34)39-26-28-46-44(32-39)43-30-36-19-12-13-20-37(36)31-47(43)50(46,7-3)8-4/h9-33H,5-8H2,1-4H3. The molecule has 250 valence electrons. The predicted molar refractivity (Wildman–Crippen MR) is 218 cm³/mol. The van der Waals surface area contributed by atoms with Gasteiger partial charge in [-0.25, -0.2) is 0 Å². The van der Waals surface area contributed by atoms with Gasteiger partial charge in [0.25, 0.3) is 0 Å². The second-order valence-electron chi connectivity index (χ2n) is 14.6. The van der Waals surface area contributed by atoms with Gasteiger partial charge >= 0.3 is 0 Å². The van der Waals surface area contributed by atoms with Gasteiger partial charge in [-0.2, -0.15) is 0 Å². The smallest absolute Gasteiger partial charge is 0.0468 e. The zero-order valence-electron chi connectivity index (χ0n) is 30.2. The normalized spacial score (nSPS) is 14.5. The van der Waals surface area contributed by atoms with Crippen LogP contribution in [0, 0.1) is 0 Å². The van der Waals surface area contributed by atoms with Crippen molar-refractivity contribution in [1.29, 1.82) is 0 Å². The summed E-state index contributed by atoms with van der Waals surface area (Å²) in [5, 5.41) is 2.63. The maximum absolute atomic E-state index is 2.51. The average Bonchev–Trinajstić information content (AvgIpc) is 3.63. The van der Waals surface area contributed by atoms with E-state index in [4.69, 9.17) is 0 Å². The first-order valence-electron chi connectivity index (χ1n) is 18.9. The highest BCUT2D eigenvalue weighted by Gasteiger charge is 2.42. The van der Waals surface area contributed by atoms with Crippen molar-refractivity contribution in [3.63, 3.8) is 0 Å². The van der Waals surface area contributed by atoms with Crippen molar-refractivity contribution in [1.82, 2.24) is 0 Å². The summed E-state index contributed by atoms with van der Waals surface area (Å²) >= 11 is 0. The van der Waals surface area contributed by atoms with Crippen LogP contribution in [0.4, 0.5) is 17.1 Å². The fourth-order valence-corrected chi connectivity index (χ4v) is 9.82. The van der Waals surface area contributed by atoms with Gasteiger partial charge in [0.1, 0.15) is 0 Å². The van der Waals surface area contributed by atoms with Gasteiger partial charge in [0.2, 0.25) is 0 Å². The van der Waals surface area contributed by atoms with Gasteiger partial charge in [-0.05, 0) is 141 Å². The Balaban J connectivity index is 1.28. The van der Waals surface area contributed by atoms with Crippen LogP contribution in [-0.4, -0.2) is 0 Å². The summed E-state index contributed by atoms with van der Waals surface area (Å²) in [6.45, 7) is 9.45. The average molecular weight is 660 g/mol. The molecule has 7 aromatic carbocycles. The van der Waals surface area contributed by atoms with Gasteiger partial charge in [-0.1, -0.05) is 131 Å². The zero-order chi connectivity index (χ0) is 34.7. The van der Waals surface area contributed by atoms with Crippen LogP contribution in [0.3, 0.4) is 0 Å². The summed E-state index contributed by atoms with van der Waals surface area (Å²) in [6, 6.07) is 57.3. The molecule has 0 atom stereocenters. The molecule has 51 heavy (non-hydrogen) atoms. The van der Waals surface area contributed by atoms with Crippen LogP contribution in [0.5, 0.6) is 0 Å². The number of hydrogen-bond acceptors (Lipinski definition) is 1. The van der Waals surface area contributed by atoms with E-state index in [0.717, 1.165) is 25.7 Å². The van der Waals surface area contributed by atoms with Crippen LogP contribution in [0.2, 0.25) is 0 Å². The Bertz CT molecular complexity index is 2430. The third kappa shape index (κ3) is 4.60. The minimum Gasteiger partial charge on any atom is -0.310 e. The number of fused-ring (bicyclic) bond motifs is 7. The molecule has 1 nitrogen and oxygen atoms in total. The number of nitrogens with zero attached hydrogens (tertiary/aromatic N) is 1. The molecule has 0 bridgehead atoms. The zero-order valence-corrected chi connectivity index (χ0v) is 30.2. The SMILES string of the molecule is CCC1(CC)c2ccccc2-c2ccc(N(c3cccc(-c4ccccc4)c3)c3ccc4c(c3)-c3cc5ccccc5cc3C4(CC)CC)cc21. The van der Waals surface area contributed by atoms with Crippen molar-refractivity contribution in [3.8, 4) is 33.4 Å². The van der Waals surface area contributed by atoms with E-state index in [0.29, 0.717) is 0 Å². The highest BCUT2D eigenvalue weighted by molar-refractivity contribution is 5.95. The van der Waals surface area contributed by atoms with E-state index in [1.165, 1.54) is 83.5 Å². The van der Waals surface area contributed by atoms with E-state index in [9.17, 15) is 0 Å². The second kappa shape index (κ2) is 12.1. The van der Waals surface area contributed by atoms with E-state index < -0.39 is 0 Å². The Labute approximate surface area is 303 Å². The van der Waals surface area contributed by atoms with Crippen molar-refractivity contribution in [2.45, 2.75) is 64.2 Å². The van der Waals surface area contributed by atoms with Crippen molar-refractivity contribution in [2.75, 3.05) is 4.90 Å². The summed E-state index contributed by atoms with van der Waals surface area (Å²) < 4.78 is 0. The summed E-state index contributed by atoms with van der Waals surface area (Å²) in [5.41, 5.74) is 17.4. The highest BCUT2D eigenvalue weighted by Crippen LogP contribution is 2.57. The maximum atomic E-state index is 2.51. The van der Waals surface area contributed by atoms with Gasteiger partial charge in [-0.15, -0.1) is 0 Å². The lowest BCUT2D eigenvalue weighted by Gasteiger charge is -2.32. The van der Waals surface area contributed by atoms with Gasteiger partial charge in [0.05, 0.1) is 0 Å². The summed E-state index contributed by atoms with van der Waals surface area (Å²) in [7, 11) is 0. The fourth-order valence-electron chi connectivity index (χ4n) is 9.82. The first-order chi connectivity index (χ1) is 25.0. The molecule has 0 saturated carbocycles. The quantitative estimate of drug-likeness (QED) is 0.157. The van der Waals surface area contributed by atoms with Crippen LogP contribution in [-0.2, 0) is 10.8 Å². The highest BCUT2D eigenvalue weighted by atomic mass is 15.1. The van der Waals surface area contributed by atoms with Crippen molar-refractivity contribution < 1.29 is 0 Å². The minimum absolute atomic E-state index is 0.000715. The van der Waals surface area contributed by atoms with Gasteiger partial charge in [0, 0.05) is 27.9 Å². The number of benzene rings is 7. The third-order valence-electron chi connectivity index (χ3n) is 12.6. The fraction of sp³-hybridized carbons (Fsp3) is 0.200. The molecule has 2 aliphatic rings. The molecular weight excluding hydrogens is 615 g/mol. The molecule has 0 amide bonds. The van der Waals surface area contributed by atoms with E-state index in [-0.39, 0.29) is 10.8 Å². The van der Waals surface area contributed by atoms with E-state index in [1.807, 2.05) is 0 Å². The van der Waals surface area contributed by atoms with E-state index >= 15 is 0 Å². The molecule has 0 radical (unpaired) electrons. The maximum Gasteiger partial charge on any atom is 0.0468 e.